The smallest absolute Gasteiger partial charge is 0.0299 e. The van der Waals surface area contributed by atoms with Crippen LogP contribution in [-0.2, 0) is 5.41 Å². The van der Waals surface area contributed by atoms with Gasteiger partial charge in [0.1, 0.15) is 0 Å². The molecule has 1 aromatic carbocycles. The molecular formula is C16H27N. The van der Waals surface area contributed by atoms with Crippen LogP contribution in [0.3, 0.4) is 0 Å². The average Bonchev–Trinajstić information content (AvgIpc) is 2.14. The second-order valence-corrected chi connectivity index (χ2v) is 7.24. The quantitative estimate of drug-likeness (QED) is 0.804. The minimum atomic E-state index is 0.143. The molecule has 1 rings (SSSR count). The lowest BCUT2D eigenvalue weighted by atomic mass is 9.83. The largest absolute Gasteiger partial charge is 0.324 e. The second kappa shape index (κ2) is 4.81. The summed E-state index contributed by atoms with van der Waals surface area (Å²) < 4.78 is 0. The second-order valence-electron chi connectivity index (χ2n) is 7.24. The Kier molecular flexibility index (Phi) is 4.03. The predicted octanol–water partition coefficient (Wildman–Crippen LogP) is 4.42. The molecule has 0 aliphatic rings. The Balaban J connectivity index is 2.81. The molecule has 0 aromatic heterocycles. The van der Waals surface area contributed by atoms with Crippen molar-refractivity contribution in [3.8, 4) is 0 Å². The van der Waals surface area contributed by atoms with E-state index in [4.69, 9.17) is 5.73 Å². The van der Waals surface area contributed by atoms with E-state index in [9.17, 15) is 0 Å². The van der Waals surface area contributed by atoms with Crippen LogP contribution in [0.2, 0.25) is 0 Å². The fourth-order valence-corrected chi connectivity index (χ4v) is 2.01. The molecule has 96 valence electrons. The van der Waals surface area contributed by atoms with Crippen LogP contribution in [0.15, 0.2) is 24.3 Å². The maximum atomic E-state index is 6.24. The van der Waals surface area contributed by atoms with E-state index < -0.39 is 0 Å². The topological polar surface area (TPSA) is 26.0 Å². The van der Waals surface area contributed by atoms with Gasteiger partial charge in [0.05, 0.1) is 0 Å². The summed E-state index contributed by atoms with van der Waals surface area (Å²) in [5, 5.41) is 0. The minimum Gasteiger partial charge on any atom is -0.324 e. The average molecular weight is 233 g/mol. The van der Waals surface area contributed by atoms with Crippen molar-refractivity contribution < 1.29 is 0 Å². The molecule has 17 heavy (non-hydrogen) atoms. The Hall–Kier alpha value is -0.820. The summed E-state index contributed by atoms with van der Waals surface area (Å²) >= 11 is 0. The van der Waals surface area contributed by atoms with Crippen molar-refractivity contribution in [3.63, 3.8) is 0 Å². The molecule has 1 aromatic rings. The number of rotatable bonds is 2. The van der Waals surface area contributed by atoms with Crippen LogP contribution in [0.4, 0.5) is 0 Å². The fraction of sp³-hybridized carbons (Fsp3) is 0.625. The van der Waals surface area contributed by atoms with Crippen molar-refractivity contribution in [1.82, 2.24) is 0 Å². The highest BCUT2D eigenvalue weighted by Crippen LogP contribution is 2.29. The van der Waals surface area contributed by atoms with Gasteiger partial charge in [-0.25, -0.2) is 0 Å². The van der Waals surface area contributed by atoms with E-state index >= 15 is 0 Å². The van der Waals surface area contributed by atoms with E-state index in [1.54, 1.807) is 0 Å². The van der Waals surface area contributed by atoms with Gasteiger partial charge < -0.3 is 5.73 Å². The van der Waals surface area contributed by atoms with Crippen LogP contribution in [0.25, 0.3) is 0 Å². The van der Waals surface area contributed by atoms with E-state index in [2.05, 4.69) is 65.8 Å². The first-order valence-corrected chi connectivity index (χ1v) is 6.46. The molecule has 0 aliphatic carbocycles. The van der Waals surface area contributed by atoms with Crippen molar-refractivity contribution in [1.29, 1.82) is 0 Å². The summed E-state index contributed by atoms with van der Waals surface area (Å²) in [7, 11) is 0. The molecule has 1 heteroatoms. The lowest BCUT2D eigenvalue weighted by molar-refractivity contribution is 0.343. The number of benzene rings is 1. The molecular weight excluding hydrogens is 206 g/mol. The van der Waals surface area contributed by atoms with Gasteiger partial charge in [-0.3, -0.25) is 0 Å². The van der Waals surface area contributed by atoms with E-state index in [1.807, 2.05) is 0 Å². The molecule has 0 saturated carbocycles. The molecule has 0 amide bonds. The maximum absolute atomic E-state index is 6.24. The van der Waals surface area contributed by atoms with Gasteiger partial charge in [0.2, 0.25) is 0 Å². The summed E-state index contributed by atoms with van der Waals surface area (Å²) in [5.41, 5.74) is 9.34. The molecule has 0 saturated heterocycles. The van der Waals surface area contributed by atoms with Crippen molar-refractivity contribution >= 4 is 0 Å². The number of nitrogens with two attached hydrogens (primary N) is 1. The molecule has 0 radical (unpaired) electrons. The number of hydrogen-bond donors (Lipinski definition) is 1. The normalized spacial score (nSPS) is 14.8. The molecule has 0 spiro atoms. The first-order chi connectivity index (χ1) is 7.59. The Labute approximate surface area is 106 Å². The van der Waals surface area contributed by atoms with Crippen LogP contribution >= 0.6 is 0 Å². The molecule has 0 aliphatic heterocycles. The summed E-state index contributed by atoms with van der Waals surface area (Å²) in [6.45, 7) is 13.4. The zero-order chi connectivity index (χ0) is 13.3. The van der Waals surface area contributed by atoms with Crippen molar-refractivity contribution in [3.05, 3.63) is 35.4 Å². The van der Waals surface area contributed by atoms with Gasteiger partial charge in [0, 0.05) is 6.04 Å². The zero-order valence-electron chi connectivity index (χ0n) is 12.2. The van der Waals surface area contributed by atoms with Crippen LogP contribution in [0.1, 0.15) is 65.1 Å². The molecule has 1 atom stereocenters. The Morgan fingerprint density at radius 1 is 0.941 bits per heavy atom. The minimum absolute atomic E-state index is 0.143. The highest BCUT2D eigenvalue weighted by molar-refractivity contribution is 5.29. The molecule has 1 unspecified atom stereocenters. The molecule has 0 heterocycles. The Bertz CT molecular complexity index is 349. The van der Waals surface area contributed by atoms with Gasteiger partial charge in [0.25, 0.3) is 0 Å². The third kappa shape index (κ3) is 4.51. The summed E-state index contributed by atoms with van der Waals surface area (Å²) in [6.07, 6.45) is 1.02. The van der Waals surface area contributed by atoms with Crippen molar-refractivity contribution in [2.45, 2.75) is 59.4 Å². The van der Waals surface area contributed by atoms with Crippen LogP contribution < -0.4 is 5.73 Å². The monoisotopic (exact) mass is 233 g/mol. The lowest BCUT2D eigenvalue weighted by Crippen LogP contribution is -2.19. The molecule has 2 N–H and O–H groups in total. The maximum Gasteiger partial charge on any atom is 0.0299 e. The van der Waals surface area contributed by atoms with E-state index in [0.717, 1.165) is 6.42 Å². The highest BCUT2D eigenvalue weighted by atomic mass is 14.6. The van der Waals surface area contributed by atoms with Crippen LogP contribution in [-0.4, -0.2) is 0 Å². The third-order valence-corrected chi connectivity index (χ3v) is 3.04. The van der Waals surface area contributed by atoms with Crippen LogP contribution in [0.5, 0.6) is 0 Å². The van der Waals surface area contributed by atoms with Gasteiger partial charge >= 0.3 is 0 Å². The van der Waals surface area contributed by atoms with Gasteiger partial charge in [-0.15, -0.1) is 0 Å². The van der Waals surface area contributed by atoms with E-state index in [-0.39, 0.29) is 16.9 Å². The van der Waals surface area contributed by atoms with Gasteiger partial charge in [-0.2, -0.15) is 0 Å². The van der Waals surface area contributed by atoms with Gasteiger partial charge in [-0.1, -0.05) is 65.8 Å². The van der Waals surface area contributed by atoms with Crippen molar-refractivity contribution in [2.24, 2.45) is 11.1 Å². The predicted molar refractivity (Wildman–Crippen MR) is 76.1 cm³/mol. The van der Waals surface area contributed by atoms with Gasteiger partial charge in [-0.05, 0) is 28.4 Å². The zero-order valence-corrected chi connectivity index (χ0v) is 12.2. The van der Waals surface area contributed by atoms with E-state index in [0.29, 0.717) is 0 Å². The van der Waals surface area contributed by atoms with Gasteiger partial charge in [0.15, 0.2) is 0 Å². The molecule has 1 nitrogen and oxygen atoms in total. The fourth-order valence-electron chi connectivity index (χ4n) is 2.01. The molecule has 0 fully saturated rings. The molecule has 0 bridgehead atoms. The summed E-state index contributed by atoms with van der Waals surface area (Å²) in [6, 6.07) is 8.91. The summed E-state index contributed by atoms with van der Waals surface area (Å²) in [5.74, 6) is 0. The lowest BCUT2D eigenvalue weighted by Gasteiger charge is -2.24. The Morgan fingerprint density at radius 3 is 1.76 bits per heavy atom. The van der Waals surface area contributed by atoms with Crippen molar-refractivity contribution in [2.75, 3.05) is 0 Å². The third-order valence-electron chi connectivity index (χ3n) is 3.04. The van der Waals surface area contributed by atoms with E-state index in [1.165, 1.54) is 11.1 Å². The van der Waals surface area contributed by atoms with Crippen LogP contribution in [0, 0.1) is 5.41 Å². The first kappa shape index (κ1) is 14.2. The first-order valence-electron chi connectivity index (χ1n) is 6.46. The summed E-state index contributed by atoms with van der Waals surface area (Å²) in [4.78, 5) is 0. The Morgan fingerprint density at radius 2 is 1.41 bits per heavy atom. The number of hydrogen-bond acceptors (Lipinski definition) is 1. The standard InChI is InChI=1S/C16H27N/c1-15(2,3)11-14(17)12-7-9-13(10-8-12)16(4,5)6/h7-10,14H,11,17H2,1-6H3. The SMILES string of the molecule is CC(C)(C)CC(N)c1ccc(C(C)(C)C)cc1. The highest BCUT2D eigenvalue weighted by Gasteiger charge is 2.18.